The summed E-state index contributed by atoms with van der Waals surface area (Å²) in [6.45, 7) is 4.61. The molecule has 2 nitrogen and oxygen atoms in total. The number of aromatic nitrogens is 1. The lowest BCUT2D eigenvalue weighted by atomic mass is 9.80. The van der Waals surface area contributed by atoms with Gasteiger partial charge in [0.25, 0.3) is 0 Å². The number of nitrogens with zero attached hydrogens (tertiary/aromatic N) is 1. The SMILES string of the molecule is CC(C)C1CCc2nc3c(cc2C1)C=C(C=O)CS3. The smallest absolute Gasteiger partial charge is 0.146 e. The number of hydrogen-bond acceptors (Lipinski definition) is 3. The summed E-state index contributed by atoms with van der Waals surface area (Å²) in [6, 6.07) is 2.27. The average Bonchev–Trinajstić information content (AvgIpc) is 2.43. The standard InChI is InChI=1S/C16H19NOS/c1-10(2)12-3-4-15-13(6-12)7-14-5-11(8-18)9-19-16(14)17-15/h5,7-8,10,12H,3-4,6,9H2,1-2H3. The van der Waals surface area contributed by atoms with E-state index in [4.69, 9.17) is 4.98 Å². The van der Waals surface area contributed by atoms with Crippen molar-refractivity contribution in [3.05, 3.63) is 28.5 Å². The Kier molecular flexibility index (Phi) is 3.48. The van der Waals surface area contributed by atoms with Gasteiger partial charge in [-0.15, -0.1) is 11.8 Å². The van der Waals surface area contributed by atoms with Gasteiger partial charge < -0.3 is 0 Å². The first-order chi connectivity index (χ1) is 9.17. The molecule has 3 heteroatoms. The molecule has 0 aromatic carbocycles. The van der Waals surface area contributed by atoms with Crippen LogP contribution in [0.2, 0.25) is 0 Å². The molecule has 1 aromatic rings. The van der Waals surface area contributed by atoms with Crippen LogP contribution < -0.4 is 0 Å². The van der Waals surface area contributed by atoms with E-state index in [-0.39, 0.29) is 0 Å². The number of rotatable bonds is 2. The second-order valence-corrected chi connectivity index (χ2v) is 6.83. The zero-order valence-electron chi connectivity index (χ0n) is 11.5. The lowest BCUT2D eigenvalue weighted by Crippen LogP contribution is -2.20. The van der Waals surface area contributed by atoms with Gasteiger partial charge in [0.05, 0.1) is 0 Å². The van der Waals surface area contributed by atoms with E-state index in [1.807, 2.05) is 6.08 Å². The first-order valence-corrected chi connectivity index (χ1v) is 7.97. The van der Waals surface area contributed by atoms with Crippen molar-refractivity contribution in [2.45, 2.75) is 38.1 Å². The van der Waals surface area contributed by atoms with Crippen LogP contribution >= 0.6 is 11.8 Å². The molecule has 0 saturated carbocycles. The molecule has 1 atom stereocenters. The van der Waals surface area contributed by atoms with Crippen molar-refractivity contribution in [1.82, 2.24) is 4.98 Å². The van der Waals surface area contributed by atoms with Gasteiger partial charge in [-0.25, -0.2) is 4.98 Å². The Bertz CT molecular complexity index is 548. The maximum atomic E-state index is 10.9. The Morgan fingerprint density at radius 2 is 2.32 bits per heavy atom. The van der Waals surface area contributed by atoms with E-state index in [0.717, 1.165) is 52.9 Å². The molecule has 0 fully saturated rings. The number of thioether (sulfide) groups is 1. The van der Waals surface area contributed by atoms with Crippen molar-refractivity contribution < 1.29 is 4.79 Å². The quantitative estimate of drug-likeness (QED) is 0.772. The van der Waals surface area contributed by atoms with Crippen molar-refractivity contribution >= 4 is 24.1 Å². The molecule has 1 aromatic heterocycles. The van der Waals surface area contributed by atoms with Gasteiger partial charge in [-0.05, 0) is 48.8 Å². The minimum Gasteiger partial charge on any atom is -0.298 e. The van der Waals surface area contributed by atoms with Gasteiger partial charge in [0, 0.05) is 22.6 Å². The number of hydrogen-bond donors (Lipinski definition) is 0. The molecule has 1 unspecified atom stereocenters. The van der Waals surface area contributed by atoms with Gasteiger partial charge in [-0.2, -0.15) is 0 Å². The number of carbonyl (C=O) groups excluding carboxylic acids is 1. The van der Waals surface area contributed by atoms with Crippen LogP contribution in [0.3, 0.4) is 0 Å². The molecule has 0 radical (unpaired) electrons. The Labute approximate surface area is 118 Å². The van der Waals surface area contributed by atoms with Crippen molar-refractivity contribution in [1.29, 1.82) is 0 Å². The minimum atomic E-state index is 0.736. The van der Waals surface area contributed by atoms with Gasteiger partial charge >= 0.3 is 0 Å². The first-order valence-electron chi connectivity index (χ1n) is 6.98. The number of carbonyl (C=O) groups is 1. The number of fused-ring (bicyclic) bond motifs is 2. The molecule has 19 heavy (non-hydrogen) atoms. The summed E-state index contributed by atoms with van der Waals surface area (Å²) in [5, 5.41) is 1.10. The van der Waals surface area contributed by atoms with Crippen molar-refractivity contribution in [3.63, 3.8) is 0 Å². The lowest BCUT2D eigenvalue weighted by molar-refractivity contribution is -0.104. The zero-order valence-corrected chi connectivity index (χ0v) is 12.3. The summed E-state index contributed by atoms with van der Waals surface area (Å²) in [5.74, 6) is 2.27. The van der Waals surface area contributed by atoms with Crippen molar-refractivity contribution in [3.8, 4) is 0 Å². The highest BCUT2D eigenvalue weighted by molar-refractivity contribution is 7.99. The fourth-order valence-electron chi connectivity index (χ4n) is 2.94. The highest BCUT2D eigenvalue weighted by Crippen LogP contribution is 2.35. The summed E-state index contributed by atoms with van der Waals surface area (Å²) in [7, 11) is 0. The fraction of sp³-hybridized carbons (Fsp3) is 0.500. The van der Waals surface area contributed by atoms with Crippen LogP contribution in [0.5, 0.6) is 0 Å². The summed E-state index contributed by atoms with van der Waals surface area (Å²) in [4.78, 5) is 15.7. The van der Waals surface area contributed by atoms with Crippen LogP contribution in [0.15, 0.2) is 16.7 Å². The second kappa shape index (κ2) is 5.12. The minimum absolute atomic E-state index is 0.736. The molecule has 2 heterocycles. The van der Waals surface area contributed by atoms with Gasteiger partial charge in [-0.1, -0.05) is 13.8 Å². The van der Waals surface area contributed by atoms with Gasteiger partial charge in [0.15, 0.2) is 0 Å². The van der Waals surface area contributed by atoms with E-state index in [1.165, 1.54) is 17.7 Å². The number of aldehydes is 1. The van der Waals surface area contributed by atoms with Crippen LogP contribution in [0.4, 0.5) is 0 Å². The van der Waals surface area contributed by atoms with Crippen LogP contribution in [-0.4, -0.2) is 17.0 Å². The average molecular weight is 273 g/mol. The fourth-order valence-corrected chi connectivity index (χ4v) is 3.85. The molecule has 100 valence electrons. The van der Waals surface area contributed by atoms with Gasteiger partial charge in [0.1, 0.15) is 11.3 Å². The molecule has 0 saturated heterocycles. The van der Waals surface area contributed by atoms with E-state index in [2.05, 4.69) is 19.9 Å². The molecular weight excluding hydrogens is 254 g/mol. The largest absolute Gasteiger partial charge is 0.298 e. The van der Waals surface area contributed by atoms with E-state index in [0.29, 0.717) is 0 Å². The molecular formula is C16H19NOS. The van der Waals surface area contributed by atoms with E-state index >= 15 is 0 Å². The van der Waals surface area contributed by atoms with Crippen LogP contribution in [0.25, 0.3) is 6.08 Å². The molecule has 1 aliphatic carbocycles. The van der Waals surface area contributed by atoms with E-state index in [1.54, 1.807) is 11.8 Å². The molecule has 0 N–H and O–H groups in total. The second-order valence-electron chi connectivity index (χ2n) is 5.86. The maximum Gasteiger partial charge on any atom is 0.146 e. The molecule has 0 bridgehead atoms. The number of aryl methyl sites for hydroxylation is 1. The first kappa shape index (κ1) is 12.9. The highest BCUT2D eigenvalue weighted by Gasteiger charge is 2.24. The van der Waals surface area contributed by atoms with Crippen molar-refractivity contribution in [2.75, 3.05) is 5.75 Å². The molecule has 1 aliphatic heterocycles. The third-order valence-corrected chi connectivity index (χ3v) is 5.31. The zero-order chi connectivity index (χ0) is 13.4. The maximum absolute atomic E-state index is 10.9. The number of pyridine rings is 1. The van der Waals surface area contributed by atoms with Crippen LogP contribution in [0.1, 0.15) is 37.1 Å². The summed E-state index contributed by atoms with van der Waals surface area (Å²) < 4.78 is 0. The normalized spacial score (nSPS) is 21.6. The Balaban J connectivity index is 1.97. The molecule has 0 amide bonds. The van der Waals surface area contributed by atoms with Crippen molar-refractivity contribution in [2.24, 2.45) is 11.8 Å². The molecule has 2 aliphatic rings. The Morgan fingerprint density at radius 3 is 3.05 bits per heavy atom. The highest BCUT2D eigenvalue weighted by atomic mass is 32.2. The van der Waals surface area contributed by atoms with Gasteiger partial charge in [-0.3, -0.25) is 4.79 Å². The molecule has 0 spiro atoms. The van der Waals surface area contributed by atoms with Gasteiger partial charge in [0.2, 0.25) is 0 Å². The Morgan fingerprint density at radius 1 is 1.47 bits per heavy atom. The topological polar surface area (TPSA) is 30.0 Å². The molecule has 3 rings (SSSR count). The Hall–Kier alpha value is -1.09. The third kappa shape index (κ3) is 2.48. The van der Waals surface area contributed by atoms with E-state index < -0.39 is 0 Å². The van der Waals surface area contributed by atoms with Crippen LogP contribution in [0, 0.1) is 11.8 Å². The lowest BCUT2D eigenvalue weighted by Gasteiger charge is -2.28. The summed E-state index contributed by atoms with van der Waals surface area (Å²) in [5.41, 5.74) is 4.69. The predicted octanol–water partition coefficient (Wildman–Crippen LogP) is 3.53. The monoisotopic (exact) mass is 273 g/mol. The third-order valence-electron chi connectivity index (χ3n) is 4.23. The predicted molar refractivity (Wildman–Crippen MR) is 79.4 cm³/mol. The van der Waals surface area contributed by atoms with E-state index in [9.17, 15) is 4.79 Å². The summed E-state index contributed by atoms with van der Waals surface area (Å²) in [6.07, 6.45) is 6.48. The van der Waals surface area contributed by atoms with Crippen LogP contribution in [-0.2, 0) is 17.6 Å². The summed E-state index contributed by atoms with van der Waals surface area (Å²) >= 11 is 1.69.